The molecular weight excluding hydrogens is 388 g/mol. The Hall–Kier alpha value is -1.60. The molecule has 0 bridgehead atoms. The second-order valence-corrected chi connectivity index (χ2v) is 6.60. The molecule has 3 nitrogen and oxygen atoms in total. The number of benzene rings is 2. The van der Waals surface area contributed by atoms with Gasteiger partial charge in [0.1, 0.15) is 5.75 Å². The lowest BCUT2D eigenvalue weighted by Gasteiger charge is -2.08. The Kier molecular flexibility index (Phi) is 6.85. The van der Waals surface area contributed by atoms with Crippen molar-refractivity contribution in [2.24, 2.45) is 0 Å². The number of hydrogen-bond acceptors (Lipinski definition) is 3. The Bertz CT molecular complexity index is 668. The topological polar surface area (TPSA) is 38.3 Å². The van der Waals surface area contributed by atoms with E-state index in [9.17, 15) is 13.6 Å². The summed E-state index contributed by atoms with van der Waals surface area (Å²) < 4.78 is 31.8. The third kappa shape index (κ3) is 6.19. The molecule has 1 N–H and O–H groups in total. The van der Waals surface area contributed by atoms with Crippen molar-refractivity contribution in [1.82, 2.24) is 5.32 Å². The molecule has 0 heterocycles. The standard InChI is InChI=1S/C16H14BrF2NO2S/c17-11-1-4-13(5-2-11)23-8-7-20-16(21)10-22-12-3-6-14(18)15(19)9-12/h1-6,9H,7-8,10H2,(H,20,21). The van der Waals surface area contributed by atoms with E-state index < -0.39 is 11.6 Å². The van der Waals surface area contributed by atoms with Crippen LogP contribution in [0.5, 0.6) is 5.75 Å². The van der Waals surface area contributed by atoms with Crippen LogP contribution in [-0.4, -0.2) is 24.8 Å². The maximum Gasteiger partial charge on any atom is 0.257 e. The number of rotatable bonds is 7. The second-order valence-electron chi connectivity index (χ2n) is 4.52. The van der Waals surface area contributed by atoms with Crippen molar-refractivity contribution >= 4 is 33.6 Å². The number of ether oxygens (including phenoxy) is 1. The van der Waals surface area contributed by atoms with Gasteiger partial charge in [0.25, 0.3) is 5.91 Å². The fourth-order valence-corrected chi connectivity index (χ4v) is 2.69. The molecule has 0 saturated heterocycles. The minimum atomic E-state index is -1.01. The Morgan fingerprint density at radius 1 is 1.13 bits per heavy atom. The number of amides is 1. The molecule has 122 valence electrons. The van der Waals surface area contributed by atoms with Gasteiger partial charge in [0.05, 0.1) is 0 Å². The summed E-state index contributed by atoms with van der Waals surface area (Å²) in [4.78, 5) is 12.7. The number of hydrogen-bond donors (Lipinski definition) is 1. The molecule has 23 heavy (non-hydrogen) atoms. The first-order valence-corrected chi connectivity index (χ1v) is 8.55. The zero-order valence-corrected chi connectivity index (χ0v) is 14.4. The zero-order valence-electron chi connectivity index (χ0n) is 12.0. The van der Waals surface area contributed by atoms with Gasteiger partial charge in [-0.05, 0) is 36.4 Å². The molecular formula is C16H14BrF2NO2S. The van der Waals surface area contributed by atoms with Crippen molar-refractivity contribution in [3.05, 3.63) is 58.6 Å². The predicted molar refractivity (Wildman–Crippen MR) is 89.7 cm³/mol. The van der Waals surface area contributed by atoms with Crippen LogP contribution in [-0.2, 0) is 4.79 Å². The lowest BCUT2D eigenvalue weighted by atomic mass is 10.3. The lowest BCUT2D eigenvalue weighted by Crippen LogP contribution is -2.30. The summed E-state index contributed by atoms with van der Waals surface area (Å²) in [5.74, 6) is -1.44. The molecule has 0 aliphatic heterocycles. The van der Waals surface area contributed by atoms with Crippen LogP contribution in [0.2, 0.25) is 0 Å². The average Bonchev–Trinajstić information content (AvgIpc) is 2.54. The van der Waals surface area contributed by atoms with Crippen molar-refractivity contribution < 1.29 is 18.3 Å². The van der Waals surface area contributed by atoms with Crippen molar-refractivity contribution in [3.63, 3.8) is 0 Å². The fraction of sp³-hybridized carbons (Fsp3) is 0.188. The van der Waals surface area contributed by atoms with Crippen LogP contribution in [0.1, 0.15) is 0 Å². The normalized spacial score (nSPS) is 10.4. The van der Waals surface area contributed by atoms with Gasteiger partial charge < -0.3 is 10.1 Å². The van der Waals surface area contributed by atoms with Gasteiger partial charge in [-0.3, -0.25) is 4.79 Å². The Morgan fingerprint density at radius 3 is 2.57 bits per heavy atom. The summed E-state index contributed by atoms with van der Waals surface area (Å²) in [6, 6.07) is 11.0. The first kappa shape index (κ1) is 17.7. The lowest BCUT2D eigenvalue weighted by molar-refractivity contribution is -0.122. The summed E-state index contributed by atoms with van der Waals surface area (Å²) in [7, 11) is 0. The summed E-state index contributed by atoms with van der Waals surface area (Å²) >= 11 is 4.99. The van der Waals surface area contributed by atoms with Crippen LogP contribution in [0, 0.1) is 11.6 Å². The molecule has 2 aromatic rings. The van der Waals surface area contributed by atoms with Crippen LogP contribution in [0.15, 0.2) is 51.8 Å². The third-order valence-electron chi connectivity index (χ3n) is 2.77. The van der Waals surface area contributed by atoms with Gasteiger partial charge in [0, 0.05) is 27.7 Å². The maximum absolute atomic E-state index is 13.0. The Labute approximate surface area is 145 Å². The molecule has 0 aromatic heterocycles. The molecule has 0 spiro atoms. The number of carbonyl (C=O) groups excluding carboxylic acids is 1. The van der Waals surface area contributed by atoms with Crippen molar-refractivity contribution in [2.45, 2.75) is 4.90 Å². The molecule has 0 fully saturated rings. The second kappa shape index (κ2) is 8.88. The Balaban J connectivity index is 1.65. The van der Waals surface area contributed by atoms with Gasteiger partial charge in [-0.15, -0.1) is 11.8 Å². The van der Waals surface area contributed by atoms with Crippen molar-refractivity contribution in [2.75, 3.05) is 18.9 Å². The van der Waals surface area contributed by atoms with Gasteiger partial charge >= 0.3 is 0 Å². The van der Waals surface area contributed by atoms with Crippen molar-refractivity contribution in [1.29, 1.82) is 0 Å². The molecule has 0 unspecified atom stereocenters. The summed E-state index contributed by atoms with van der Waals surface area (Å²) in [5, 5.41) is 2.70. The van der Waals surface area contributed by atoms with E-state index in [0.717, 1.165) is 27.3 Å². The summed E-state index contributed by atoms with van der Waals surface area (Å²) in [5.41, 5.74) is 0. The highest BCUT2D eigenvalue weighted by molar-refractivity contribution is 9.10. The van der Waals surface area contributed by atoms with Crippen LogP contribution in [0.3, 0.4) is 0 Å². The first-order valence-electron chi connectivity index (χ1n) is 6.77. The molecule has 2 rings (SSSR count). The number of nitrogens with one attached hydrogen (secondary N) is 1. The molecule has 7 heteroatoms. The maximum atomic E-state index is 13.0. The fourth-order valence-electron chi connectivity index (χ4n) is 1.66. The number of thioether (sulfide) groups is 1. The SMILES string of the molecule is O=C(COc1ccc(F)c(F)c1)NCCSc1ccc(Br)cc1. The minimum Gasteiger partial charge on any atom is -0.484 e. The van der Waals surface area contributed by atoms with Gasteiger partial charge in [-0.25, -0.2) is 8.78 Å². The summed E-state index contributed by atoms with van der Waals surface area (Å²) in [6.07, 6.45) is 0. The zero-order chi connectivity index (χ0) is 16.7. The van der Waals surface area contributed by atoms with E-state index >= 15 is 0 Å². The minimum absolute atomic E-state index is 0.114. The average molecular weight is 402 g/mol. The molecule has 1 amide bonds. The highest BCUT2D eigenvalue weighted by atomic mass is 79.9. The first-order chi connectivity index (χ1) is 11.0. The Morgan fingerprint density at radius 2 is 1.87 bits per heavy atom. The van der Waals surface area contributed by atoms with Crippen molar-refractivity contribution in [3.8, 4) is 5.75 Å². The van der Waals surface area contributed by atoms with E-state index in [0.29, 0.717) is 6.54 Å². The van der Waals surface area contributed by atoms with Crippen LogP contribution in [0.25, 0.3) is 0 Å². The summed E-state index contributed by atoms with van der Waals surface area (Å²) in [6.45, 7) is 0.245. The highest BCUT2D eigenvalue weighted by Crippen LogP contribution is 2.20. The molecule has 0 atom stereocenters. The molecule has 0 aliphatic carbocycles. The van der Waals surface area contributed by atoms with Crippen LogP contribution >= 0.6 is 27.7 Å². The third-order valence-corrected chi connectivity index (χ3v) is 4.31. The number of carbonyl (C=O) groups is 1. The number of halogens is 3. The quantitative estimate of drug-likeness (QED) is 0.562. The van der Waals surface area contributed by atoms with Gasteiger partial charge in [0.2, 0.25) is 0 Å². The van der Waals surface area contributed by atoms with Crippen LogP contribution < -0.4 is 10.1 Å². The molecule has 0 radical (unpaired) electrons. The van der Waals surface area contributed by atoms with Gasteiger partial charge in [0.15, 0.2) is 18.2 Å². The van der Waals surface area contributed by atoms with Crippen LogP contribution in [0.4, 0.5) is 8.78 Å². The monoisotopic (exact) mass is 401 g/mol. The predicted octanol–water partition coefficient (Wildman–Crippen LogP) is 4.01. The van der Waals surface area contributed by atoms with E-state index in [1.165, 1.54) is 6.07 Å². The highest BCUT2D eigenvalue weighted by Gasteiger charge is 2.06. The van der Waals surface area contributed by atoms with E-state index in [1.54, 1.807) is 11.8 Å². The largest absolute Gasteiger partial charge is 0.484 e. The smallest absolute Gasteiger partial charge is 0.257 e. The molecule has 2 aromatic carbocycles. The van der Waals surface area contributed by atoms with E-state index in [1.807, 2.05) is 24.3 Å². The molecule has 0 aliphatic rings. The van der Waals surface area contributed by atoms with E-state index in [4.69, 9.17) is 4.74 Å². The van der Waals surface area contributed by atoms with E-state index in [-0.39, 0.29) is 18.3 Å². The van der Waals surface area contributed by atoms with E-state index in [2.05, 4.69) is 21.2 Å². The van der Waals surface area contributed by atoms with Gasteiger partial charge in [-0.1, -0.05) is 15.9 Å². The molecule has 0 saturated carbocycles. The van der Waals surface area contributed by atoms with Gasteiger partial charge in [-0.2, -0.15) is 0 Å².